The number of hydrogen-bond donors (Lipinski definition) is 3. The Kier molecular flexibility index (Phi) is 5.07. The summed E-state index contributed by atoms with van der Waals surface area (Å²) in [5.41, 5.74) is -5.09. The highest BCUT2D eigenvalue weighted by atomic mass is 32.2. The molecule has 3 N–H and O–H groups in total. The van der Waals surface area contributed by atoms with E-state index in [1.54, 1.807) is 18.2 Å². The highest BCUT2D eigenvalue weighted by Gasteiger charge is 2.46. The maximum Gasteiger partial charge on any atom is 0.516 e. The summed E-state index contributed by atoms with van der Waals surface area (Å²) in [5.74, 6) is -0.186. The maximum atomic E-state index is 12.6. The van der Waals surface area contributed by atoms with Crippen LogP contribution in [0.4, 0.5) is 18.9 Å². The Morgan fingerprint density at radius 2 is 1.97 bits per heavy atom. The van der Waals surface area contributed by atoms with E-state index in [1.807, 2.05) is 0 Å². The van der Waals surface area contributed by atoms with Gasteiger partial charge in [0.1, 0.15) is 0 Å². The van der Waals surface area contributed by atoms with E-state index in [-0.39, 0.29) is 17.6 Å². The van der Waals surface area contributed by atoms with E-state index >= 15 is 0 Å². The molecule has 4 rings (SSSR count). The molecule has 3 heterocycles. The van der Waals surface area contributed by atoms with E-state index in [1.165, 1.54) is 34.3 Å². The first-order valence-electron chi connectivity index (χ1n) is 8.99. The number of nitrogens with one attached hydrogen (secondary N) is 3. The number of sulfonamides is 1. The van der Waals surface area contributed by atoms with Crippen LogP contribution in [0.5, 0.6) is 0 Å². The lowest BCUT2D eigenvalue weighted by Crippen LogP contribution is -2.42. The second-order valence-electron chi connectivity index (χ2n) is 7.16. The molecular weight excluding hydrogens is 427 g/mol. The molecule has 2 aliphatic rings. The van der Waals surface area contributed by atoms with Crippen LogP contribution in [-0.2, 0) is 10.0 Å². The first-order chi connectivity index (χ1) is 13.6. The fourth-order valence-corrected chi connectivity index (χ4v) is 5.25. The van der Waals surface area contributed by atoms with Gasteiger partial charge in [-0.25, -0.2) is 0 Å². The highest BCUT2D eigenvalue weighted by molar-refractivity contribution is 7.93. The van der Waals surface area contributed by atoms with Crippen LogP contribution in [0.25, 0.3) is 10.4 Å². The molecule has 1 aromatic carbocycles. The third-order valence-electron chi connectivity index (χ3n) is 5.15. The molecule has 0 spiro atoms. The summed E-state index contributed by atoms with van der Waals surface area (Å²) in [6, 6.07) is 9.84. The Morgan fingerprint density at radius 1 is 1.17 bits per heavy atom. The van der Waals surface area contributed by atoms with Crippen LogP contribution in [-0.4, -0.2) is 38.0 Å². The number of hydrogen-bond acceptors (Lipinski definition) is 5. The van der Waals surface area contributed by atoms with Gasteiger partial charge in [-0.3, -0.25) is 9.52 Å². The van der Waals surface area contributed by atoms with Gasteiger partial charge in [-0.05, 0) is 49.1 Å². The molecule has 2 bridgehead atoms. The number of fused-ring (bicyclic) bond motifs is 2. The molecule has 0 aliphatic carbocycles. The highest BCUT2D eigenvalue weighted by Crippen LogP contribution is 2.33. The molecule has 0 saturated carbocycles. The lowest BCUT2D eigenvalue weighted by atomic mass is 9.95. The van der Waals surface area contributed by atoms with Gasteiger partial charge < -0.3 is 10.6 Å². The second-order valence-corrected chi connectivity index (χ2v) is 9.92. The topological polar surface area (TPSA) is 87.3 Å². The van der Waals surface area contributed by atoms with Gasteiger partial charge in [-0.1, -0.05) is 12.1 Å². The zero-order valence-corrected chi connectivity index (χ0v) is 16.6. The first-order valence-corrected chi connectivity index (χ1v) is 11.3. The van der Waals surface area contributed by atoms with Gasteiger partial charge in [0.2, 0.25) is 0 Å². The number of carbonyl (C=O) groups excluding carboxylic acids is 1. The van der Waals surface area contributed by atoms with Gasteiger partial charge in [0.05, 0.1) is 4.88 Å². The normalized spacial score (nSPS) is 23.9. The Balaban J connectivity index is 1.47. The summed E-state index contributed by atoms with van der Waals surface area (Å²) in [4.78, 5) is 13.7. The third kappa shape index (κ3) is 4.12. The molecule has 2 fully saturated rings. The van der Waals surface area contributed by atoms with Crippen LogP contribution in [0.15, 0.2) is 36.4 Å². The monoisotopic (exact) mass is 445 g/mol. The molecule has 2 aromatic rings. The van der Waals surface area contributed by atoms with Crippen LogP contribution < -0.4 is 15.4 Å². The molecule has 0 unspecified atom stereocenters. The molecule has 2 aliphatic heterocycles. The first kappa shape index (κ1) is 20.2. The summed E-state index contributed by atoms with van der Waals surface area (Å²) in [6.07, 6.45) is 3.09. The number of benzene rings is 1. The minimum Gasteiger partial charge on any atom is -0.347 e. The Bertz CT molecular complexity index is 1040. The van der Waals surface area contributed by atoms with E-state index in [0.717, 1.165) is 19.3 Å². The van der Waals surface area contributed by atoms with Crippen LogP contribution in [0, 0.1) is 0 Å². The van der Waals surface area contributed by atoms with Crippen molar-refractivity contribution >= 4 is 33.0 Å². The predicted molar refractivity (Wildman–Crippen MR) is 104 cm³/mol. The smallest absolute Gasteiger partial charge is 0.347 e. The number of anilines is 1. The quantitative estimate of drug-likeness (QED) is 0.659. The Labute approximate surface area is 169 Å². The zero-order valence-electron chi connectivity index (χ0n) is 15.0. The molecule has 6 nitrogen and oxygen atoms in total. The second kappa shape index (κ2) is 7.29. The molecule has 29 heavy (non-hydrogen) atoms. The number of halogens is 3. The van der Waals surface area contributed by atoms with Crippen molar-refractivity contribution < 1.29 is 26.4 Å². The van der Waals surface area contributed by atoms with Crippen molar-refractivity contribution in [3.8, 4) is 10.4 Å². The fraction of sp³-hybridized carbons (Fsp3) is 0.389. The third-order valence-corrected chi connectivity index (χ3v) is 7.40. The number of thiophene rings is 1. The number of amides is 1. The van der Waals surface area contributed by atoms with Gasteiger partial charge >= 0.3 is 15.5 Å². The molecule has 1 amide bonds. The fourth-order valence-electron chi connectivity index (χ4n) is 3.79. The molecule has 11 heteroatoms. The van der Waals surface area contributed by atoms with Gasteiger partial charge in [0, 0.05) is 28.7 Å². The zero-order chi connectivity index (χ0) is 20.8. The Hall–Kier alpha value is -2.11. The van der Waals surface area contributed by atoms with E-state index in [4.69, 9.17) is 0 Å². The van der Waals surface area contributed by atoms with Crippen molar-refractivity contribution in [2.75, 3.05) is 4.72 Å². The minimum atomic E-state index is -5.49. The van der Waals surface area contributed by atoms with Crippen LogP contribution in [0.2, 0.25) is 0 Å². The molecule has 1 aromatic heterocycles. The largest absolute Gasteiger partial charge is 0.516 e. The van der Waals surface area contributed by atoms with Crippen molar-refractivity contribution in [2.45, 2.75) is 42.9 Å². The number of carbonyl (C=O) groups is 1. The molecule has 2 saturated heterocycles. The average Bonchev–Trinajstić information content (AvgIpc) is 3.37. The summed E-state index contributed by atoms with van der Waals surface area (Å²) < 4.78 is 61.8. The van der Waals surface area contributed by atoms with Crippen molar-refractivity contribution in [3.63, 3.8) is 0 Å². The van der Waals surface area contributed by atoms with Crippen LogP contribution >= 0.6 is 11.3 Å². The molecule has 0 radical (unpaired) electrons. The molecular formula is C18H18F3N3O3S2. The maximum absolute atomic E-state index is 12.6. The average molecular weight is 445 g/mol. The van der Waals surface area contributed by atoms with E-state index in [2.05, 4.69) is 10.6 Å². The van der Waals surface area contributed by atoms with Gasteiger partial charge in [0.25, 0.3) is 5.91 Å². The van der Waals surface area contributed by atoms with Crippen LogP contribution in [0.1, 0.15) is 28.9 Å². The number of rotatable bonds is 5. The number of alkyl halides is 3. The predicted octanol–water partition coefficient (Wildman–Crippen LogP) is 3.30. The SMILES string of the molecule is O=C(N[C@@H]1C[C@H]2CC[C@@H]1N2)c1ccc(-c2cccc(NS(=O)(=O)C(F)(F)F)c2)s1. The van der Waals surface area contributed by atoms with E-state index in [0.29, 0.717) is 27.4 Å². The van der Waals surface area contributed by atoms with Crippen LogP contribution in [0.3, 0.4) is 0 Å². The Morgan fingerprint density at radius 3 is 2.62 bits per heavy atom. The van der Waals surface area contributed by atoms with Crippen molar-refractivity contribution in [1.29, 1.82) is 0 Å². The summed E-state index contributed by atoms with van der Waals surface area (Å²) in [7, 11) is -5.49. The van der Waals surface area contributed by atoms with Gasteiger partial charge in [-0.2, -0.15) is 21.6 Å². The minimum absolute atomic E-state index is 0.104. The van der Waals surface area contributed by atoms with Crippen molar-refractivity contribution in [3.05, 3.63) is 41.3 Å². The summed E-state index contributed by atoms with van der Waals surface area (Å²) >= 11 is 1.20. The van der Waals surface area contributed by atoms with Gasteiger partial charge in [0.15, 0.2) is 0 Å². The van der Waals surface area contributed by atoms with Crippen molar-refractivity contribution in [2.24, 2.45) is 0 Å². The lowest BCUT2D eigenvalue weighted by Gasteiger charge is -2.20. The van der Waals surface area contributed by atoms with E-state index < -0.39 is 15.5 Å². The molecule has 156 valence electrons. The van der Waals surface area contributed by atoms with E-state index in [9.17, 15) is 26.4 Å². The summed E-state index contributed by atoms with van der Waals surface area (Å²) in [6.45, 7) is 0. The lowest BCUT2D eigenvalue weighted by molar-refractivity contribution is -0.0429. The van der Waals surface area contributed by atoms with Gasteiger partial charge in [-0.15, -0.1) is 11.3 Å². The van der Waals surface area contributed by atoms with Crippen molar-refractivity contribution in [1.82, 2.24) is 10.6 Å². The summed E-state index contributed by atoms with van der Waals surface area (Å²) in [5, 5.41) is 6.50. The molecule has 3 atom stereocenters. The standard InChI is InChI=1S/C18H18F3N3O3S2/c19-18(20,21)29(26,27)24-12-3-1-2-10(8-12)15-6-7-16(28-15)17(25)23-14-9-11-4-5-13(14)22-11/h1-3,6-8,11,13-14,22,24H,4-5,9H2,(H,23,25)/t11-,13+,14-/m1/s1.